The smallest absolute Gasteiger partial charge is 0.243 e. The normalized spacial score (nSPS) is 17.2. The Labute approximate surface area is 127 Å². The molecule has 5 nitrogen and oxygen atoms in total. The maximum atomic E-state index is 4.46. The van der Waals surface area contributed by atoms with Crippen molar-refractivity contribution in [2.45, 2.75) is 25.7 Å². The van der Waals surface area contributed by atoms with Crippen LogP contribution in [-0.2, 0) is 0 Å². The van der Waals surface area contributed by atoms with Gasteiger partial charge in [-0.1, -0.05) is 12.8 Å². The standard InChI is InChI=1S/C14H20BrN5/c15-12-5-6-13-17-14(18-20(13)11-12)16-7-10-19-8-3-1-2-4-9-19/h5-6,11H,1-4,7-10H2,(H,16,18). The number of hydrogen-bond donors (Lipinski definition) is 1. The number of anilines is 1. The van der Waals surface area contributed by atoms with E-state index < -0.39 is 0 Å². The summed E-state index contributed by atoms with van der Waals surface area (Å²) in [4.78, 5) is 6.99. The molecule has 1 aliphatic heterocycles. The van der Waals surface area contributed by atoms with Crippen molar-refractivity contribution in [3.8, 4) is 0 Å². The van der Waals surface area contributed by atoms with Gasteiger partial charge in [0.25, 0.3) is 0 Å². The van der Waals surface area contributed by atoms with Gasteiger partial charge >= 0.3 is 0 Å². The Morgan fingerprint density at radius 2 is 1.95 bits per heavy atom. The molecule has 0 bridgehead atoms. The number of likely N-dealkylation sites (tertiary alicyclic amines) is 1. The van der Waals surface area contributed by atoms with Crippen LogP contribution in [0.2, 0.25) is 0 Å². The van der Waals surface area contributed by atoms with Crippen molar-refractivity contribution in [3.63, 3.8) is 0 Å². The van der Waals surface area contributed by atoms with Crippen LogP contribution < -0.4 is 5.32 Å². The van der Waals surface area contributed by atoms with Gasteiger partial charge in [-0.2, -0.15) is 4.98 Å². The van der Waals surface area contributed by atoms with Gasteiger partial charge in [-0.15, -0.1) is 5.10 Å². The highest BCUT2D eigenvalue weighted by molar-refractivity contribution is 9.10. The van der Waals surface area contributed by atoms with Gasteiger partial charge in [0.2, 0.25) is 5.95 Å². The van der Waals surface area contributed by atoms with E-state index in [0.29, 0.717) is 5.95 Å². The lowest BCUT2D eigenvalue weighted by Gasteiger charge is -2.19. The summed E-state index contributed by atoms with van der Waals surface area (Å²) in [6.45, 7) is 4.43. The summed E-state index contributed by atoms with van der Waals surface area (Å²) in [5.74, 6) is 0.706. The fourth-order valence-corrected chi connectivity index (χ4v) is 2.94. The van der Waals surface area contributed by atoms with Crippen LogP contribution in [0.3, 0.4) is 0 Å². The van der Waals surface area contributed by atoms with Gasteiger partial charge in [0.15, 0.2) is 5.65 Å². The van der Waals surface area contributed by atoms with E-state index in [2.05, 4.69) is 36.2 Å². The Morgan fingerprint density at radius 3 is 2.75 bits per heavy atom. The molecule has 0 unspecified atom stereocenters. The van der Waals surface area contributed by atoms with Crippen LogP contribution in [0.1, 0.15) is 25.7 Å². The van der Waals surface area contributed by atoms with Crippen molar-refractivity contribution in [2.75, 3.05) is 31.5 Å². The summed E-state index contributed by atoms with van der Waals surface area (Å²) in [5.41, 5.74) is 0.866. The monoisotopic (exact) mass is 337 g/mol. The summed E-state index contributed by atoms with van der Waals surface area (Å²) >= 11 is 3.44. The van der Waals surface area contributed by atoms with E-state index in [4.69, 9.17) is 0 Å². The van der Waals surface area contributed by atoms with Crippen LogP contribution in [0.5, 0.6) is 0 Å². The van der Waals surface area contributed by atoms with E-state index in [-0.39, 0.29) is 0 Å². The number of aromatic nitrogens is 3. The highest BCUT2D eigenvalue weighted by Gasteiger charge is 2.09. The second-order valence-electron chi connectivity index (χ2n) is 5.27. The maximum Gasteiger partial charge on any atom is 0.243 e. The van der Waals surface area contributed by atoms with Crippen molar-refractivity contribution in [1.29, 1.82) is 0 Å². The molecule has 1 fully saturated rings. The molecule has 108 valence electrons. The minimum absolute atomic E-state index is 0.706. The van der Waals surface area contributed by atoms with Gasteiger partial charge in [0, 0.05) is 23.8 Å². The Kier molecular flexibility index (Phi) is 4.52. The molecule has 0 saturated carbocycles. The van der Waals surface area contributed by atoms with Gasteiger partial charge < -0.3 is 10.2 Å². The van der Waals surface area contributed by atoms with Crippen molar-refractivity contribution >= 4 is 27.5 Å². The molecule has 0 radical (unpaired) electrons. The first-order valence-corrected chi connectivity index (χ1v) is 8.09. The highest BCUT2D eigenvalue weighted by Crippen LogP contribution is 2.12. The Morgan fingerprint density at radius 1 is 1.15 bits per heavy atom. The van der Waals surface area contributed by atoms with Crippen LogP contribution in [0.4, 0.5) is 5.95 Å². The SMILES string of the molecule is Brc1ccc2nc(NCCN3CCCCCC3)nn2c1. The molecular weight excluding hydrogens is 318 g/mol. The van der Waals surface area contributed by atoms with E-state index >= 15 is 0 Å². The Balaban J connectivity index is 1.54. The molecule has 0 spiro atoms. The lowest BCUT2D eigenvalue weighted by Crippen LogP contribution is -2.30. The Bertz CT molecular complexity index is 560. The molecule has 0 atom stereocenters. The van der Waals surface area contributed by atoms with Crippen LogP contribution in [0, 0.1) is 0 Å². The van der Waals surface area contributed by atoms with Gasteiger partial charge in [-0.25, -0.2) is 4.52 Å². The zero-order chi connectivity index (χ0) is 13.8. The first-order chi connectivity index (χ1) is 9.81. The van der Waals surface area contributed by atoms with E-state index in [1.807, 2.05) is 18.3 Å². The Hall–Kier alpha value is -1.14. The van der Waals surface area contributed by atoms with Gasteiger partial charge in [0.05, 0.1) is 0 Å². The zero-order valence-electron chi connectivity index (χ0n) is 11.6. The van der Waals surface area contributed by atoms with Crippen LogP contribution >= 0.6 is 15.9 Å². The van der Waals surface area contributed by atoms with E-state index in [0.717, 1.165) is 23.2 Å². The predicted molar refractivity (Wildman–Crippen MR) is 84.1 cm³/mol. The van der Waals surface area contributed by atoms with Gasteiger partial charge in [-0.05, 0) is 54.0 Å². The molecule has 1 N–H and O–H groups in total. The van der Waals surface area contributed by atoms with Gasteiger partial charge in [0.1, 0.15) is 0 Å². The fourth-order valence-electron chi connectivity index (χ4n) is 2.62. The molecule has 0 amide bonds. The summed E-state index contributed by atoms with van der Waals surface area (Å²) in [7, 11) is 0. The highest BCUT2D eigenvalue weighted by atomic mass is 79.9. The number of rotatable bonds is 4. The van der Waals surface area contributed by atoms with Crippen molar-refractivity contribution in [3.05, 3.63) is 22.8 Å². The molecule has 3 rings (SSSR count). The molecule has 1 saturated heterocycles. The maximum absolute atomic E-state index is 4.46. The fraction of sp³-hybridized carbons (Fsp3) is 0.571. The van der Waals surface area contributed by atoms with Gasteiger partial charge in [-0.3, -0.25) is 0 Å². The van der Waals surface area contributed by atoms with Crippen LogP contribution in [-0.4, -0.2) is 45.7 Å². The minimum atomic E-state index is 0.706. The van der Waals surface area contributed by atoms with Crippen molar-refractivity contribution in [1.82, 2.24) is 19.5 Å². The molecule has 20 heavy (non-hydrogen) atoms. The molecule has 1 aliphatic rings. The second kappa shape index (κ2) is 6.54. The lowest BCUT2D eigenvalue weighted by molar-refractivity contribution is 0.296. The summed E-state index contributed by atoms with van der Waals surface area (Å²) in [6.07, 6.45) is 7.35. The number of fused-ring (bicyclic) bond motifs is 1. The first-order valence-electron chi connectivity index (χ1n) is 7.29. The molecular formula is C14H20BrN5. The molecule has 6 heteroatoms. The third-order valence-corrected chi connectivity index (χ3v) is 4.17. The molecule has 0 aliphatic carbocycles. The van der Waals surface area contributed by atoms with E-state index in [1.165, 1.54) is 38.8 Å². The first kappa shape index (κ1) is 13.8. The average molecular weight is 338 g/mol. The van der Waals surface area contributed by atoms with Crippen LogP contribution in [0.15, 0.2) is 22.8 Å². The summed E-state index contributed by atoms with van der Waals surface area (Å²) < 4.78 is 2.80. The molecule has 2 aromatic rings. The van der Waals surface area contributed by atoms with Crippen molar-refractivity contribution in [2.24, 2.45) is 0 Å². The second-order valence-corrected chi connectivity index (χ2v) is 6.18. The topological polar surface area (TPSA) is 45.5 Å². The lowest BCUT2D eigenvalue weighted by atomic mass is 10.2. The van der Waals surface area contributed by atoms with E-state index in [1.54, 1.807) is 4.52 Å². The molecule has 2 aromatic heterocycles. The summed E-state index contributed by atoms with van der Waals surface area (Å²) in [5, 5.41) is 7.74. The largest absolute Gasteiger partial charge is 0.352 e. The number of hydrogen-bond acceptors (Lipinski definition) is 4. The predicted octanol–water partition coefficient (Wildman–Crippen LogP) is 2.78. The van der Waals surface area contributed by atoms with Crippen LogP contribution in [0.25, 0.3) is 5.65 Å². The van der Waals surface area contributed by atoms with Crippen molar-refractivity contribution < 1.29 is 0 Å². The molecule has 0 aromatic carbocycles. The average Bonchev–Trinajstić information content (AvgIpc) is 2.66. The minimum Gasteiger partial charge on any atom is -0.352 e. The number of nitrogens with one attached hydrogen (secondary N) is 1. The number of pyridine rings is 1. The number of nitrogens with zero attached hydrogens (tertiary/aromatic N) is 4. The third-order valence-electron chi connectivity index (χ3n) is 3.70. The zero-order valence-corrected chi connectivity index (χ0v) is 13.1. The molecule has 3 heterocycles. The van der Waals surface area contributed by atoms with E-state index in [9.17, 15) is 0 Å². The third kappa shape index (κ3) is 3.49. The summed E-state index contributed by atoms with van der Waals surface area (Å²) in [6, 6.07) is 3.93. The number of halogens is 1. The quantitative estimate of drug-likeness (QED) is 0.931.